The zero-order chi connectivity index (χ0) is 17.0. The van der Waals surface area contributed by atoms with Crippen LogP contribution in [0, 0.1) is 6.92 Å². The second-order valence-electron chi connectivity index (χ2n) is 4.68. The molecule has 122 valence electrons. The number of alkyl halides is 2. The van der Waals surface area contributed by atoms with Crippen LogP contribution in [0.25, 0.3) is 0 Å². The van der Waals surface area contributed by atoms with Crippen molar-refractivity contribution in [3.05, 3.63) is 52.0 Å². The van der Waals surface area contributed by atoms with E-state index in [0.29, 0.717) is 5.69 Å². The highest BCUT2D eigenvalue weighted by Gasteiger charge is 2.15. The highest BCUT2D eigenvalue weighted by Crippen LogP contribution is 2.30. The molecule has 0 saturated heterocycles. The number of hydrogen-bond acceptors (Lipinski definition) is 3. The highest BCUT2D eigenvalue weighted by molar-refractivity contribution is 9.10. The fraction of sp³-hybridized carbons (Fsp3) is 0.188. The quantitative estimate of drug-likeness (QED) is 0.816. The van der Waals surface area contributed by atoms with Gasteiger partial charge in [0, 0.05) is 10.0 Å². The molecule has 0 aliphatic carbocycles. The molecule has 2 aromatic carbocycles. The van der Waals surface area contributed by atoms with Gasteiger partial charge in [-0.05, 0) is 58.7 Å². The van der Waals surface area contributed by atoms with Crippen molar-refractivity contribution in [2.45, 2.75) is 13.5 Å². The van der Waals surface area contributed by atoms with Crippen LogP contribution in [-0.2, 0) is 0 Å². The Morgan fingerprint density at radius 2 is 1.91 bits per heavy atom. The molecule has 1 amide bonds. The molecular formula is C16H14BrF2NO3. The summed E-state index contributed by atoms with van der Waals surface area (Å²) in [5.41, 5.74) is 1.91. The lowest BCUT2D eigenvalue weighted by atomic mass is 10.1. The Morgan fingerprint density at radius 1 is 1.17 bits per heavy atom. The number of hydrogen-bond donors (Lipinski definition) is 1. The molecule has 0 radical (unpaired) electrons. The molecule has 0 atom stereocenters. The largest absolute Gasteiger partial charge is 0.493 e. The van der Waals surface area contributed by atoms with Crippen LogP contribution in [0.3, 0.4) is 0 Å². The molecule has 0 saturated carbocycles. The van der Waals surface area contributed by atoms with Gasteiger partial charge in [0.2, 0.25) is 0 Å². The van der Waals surface area contributed by atoms with E-state index < -0.39 is 12.5 Å². The third kappa shape index (κ3) is 4.41. The Bertz CT molecular complexity index is 722. The molecule has 0 aliphatic rings. The highest BCUT2D eigenvalue weighted by atomic mass is 79.9. The van der Waals surface area contributed by atoms with E-state index in [0.717, 1.165) is 10.0 Å². The van der Waals surface area contributed by atoms with Crippen LogP contribution < -0.4 is 14.8 Å². The van der Waals surface area contributed by atoms with E-state index >= 15 is 0 Å². The fourth-order valence-corrected chi connectivity index (χ4v) is 2.51. The summed E-state index contributed by atoms with van der Waals surface area (Å²) < 4.78 is 34.6. The predicted octanol–water partition coefficient (Wildman–Crippen LogP) is 4.62. The van der Waals surface area contributed by atoms with Crippen molar-refractivity contribution in [3.63, 3.8) is 0 Å². The van der Waals surface area contributed by atoms with E-state index in [2.05, 4.69) is 26.0 Å². The minimum absolute atomic E-state index is 0.0564. The Labute approximate surface area is 140 Å². The molecule has 1 N–H and O–H groups in total. The molecule has 7 heteroatoms. The number of halogens is 3. The van der Waals surface area contributed by atoms with Crippen molar-refractivity contribution in [3.8, 4) is 11.5 Å². The molecule has 0 heterocycles. The van der Waals surface area contributed by atoms with E-state index in [1.807, 2.05) is 19.1 Å². The van der Waals surface area contributed by atoms with Crippen LogP contribution in [0.2, 0.25) is 0 Å². The van der Waals surface area contributed by atoms with Crippen LogP contribution >= 0.6 is 15.9 Å². The van der Waals surface area contributed by atoms with Gasteiger partial charge < -0.3 is 14.8 Å². The third-order valence-electron chi connectivity index (χ3n) is 3.01. The van der Waals surface area contributed by atoms with Crippen molar-refractivity contribution >= 4 is 27.5 Å². The summed E-state index contributed by atoms with van der Waals surface area (Å²) in [7, 11) is 1.31. The molecule has 0 spiro atoms. The van der Waals surface area contributed by atoms with E-state index in [-0.39, 0.29) is 17.1 Å². The van der Waals surface area contributed by atoms with E-state index in [1.54, 1.807) is 6.07 Å². The third-order valence-corrected chi connectivity index (χ3v) is 3.67. The predicted molar refractivity (Wildman–Crippen MR) is 86.5 cm³/mol. The molecule has 0 unspecified atom stereocenters. The summed E-state index contributed by atoms with van der Waals surface area (Å²) in [5.74, 6) is -0.465. The molecule has 2 rings (SSSR count). The number of ether oxygens (including phenoxy) is 2. The number of amides is 1. The van der Waals surface area contributed by atoms with Gasteiger partial charge in [-0.25, -0.2) is 0 Å². The molecular weight excluding hydrogens is 372 g/mol. The summed E-state index contributed by atoms with van der Waals surface area (Å²) >= 11 is 3.37. The van der Waals surface area contributed by atoms with E-state index in [4.69, 9.17) is 4.74 Å². The van der Waals surface area contributed by atoms with Crippen molar-refractivity contribution in [1.29, 1.82) is 0 Å². The first kappa shape index (κ1) is 17.2. The second kappa shape index (κ2) is 7.41. The zero-order valence-corrected chi connectivity index (χ0v) is 14.0. The Balaban J connectivity index is 2.22. The van der Waals surface area contributed by atoms with Gasteiger partial charge in [-0.2, -0.15) is 8.78 Å². The summed E-state index contributed by atoms with van der Waals surface area (Å²) in [6.45, 7) is -1.03. The van der Waals surface area contributed by atoms with Gasteiger partial charge in [-0.1, -0.05) is 6.07 Å². The summed E-state index contributed by atoms with van der Waals surface area (Å²) in [5, 5.41) is 2.73. The van der Waals surface area contributed by atoms with Crippen LogP contribution in [0.4, 0.5) is 14.5 Å². The summed E-state index contributed by atoms with van der Waals surface area (Å²) in [6.07, 6.45) is 0. The van der Waals surface area contributed by atoms with Gasteiger partial charge in [0.05, 0.1) is 12.8 Å². The molecule has 2 aromatic rings. The number of rotatable bonds is 5. The maximum absolute atomic E-state index is 12.3. The Hall–Kier alpha value is -2.15. The topological polar surface area (TPSA) is 47.6 Å². The number of aryl methyl sites for hydroxylation is 1. The van der Waals surface area contributed by atoms with Gasteiger partial charge in [0.25, 0.3) is 5.91 Å². The number of carbonyl (C=O) groups excluding carboxylic acids is 1. The number of nitrogens with one attached hydrogen (secondary N) is 1. The average molecular weight is 386 g/mol. The van der Waals surface area contributed by atoms with Gasteiger partial charge in [0.15, 0.2) is 11.5 Å². The number of methoxy groups -OCH3 is 1. The van der Waals surface area contributed by atoms with Crippen LogP contribution in [-0.4, -0.2) is 19.6 Å². The lowest BCUT2D eigenvalue weighted by Gasteiger charge is -2.12. The Kier molecular flexibility index (Phi) is 5.54. The summed E-state index contributed by atoms with van der Waals surface area (Å²) in [4.78, 5) is 12.3. The molecule has 23 heavy (non-hydrogen) atoms. The average Bonchev–Trinajstić information content (AvgIpc) is 2.49. The standard InChI is InChI=1S/C16H14BrF2NO3/c1-9-3-5-12(11(17)7-9)20-15(21)10-4-6-13(23-16(18)19)14(8-10)22-2/h3-8,16H,1-2H3,(H,20,21). The number of benzene rings is 2. The minimum Gasteiger partial charge on any atom is -0.493 e. The van der Waals surface area contributed by atoms with E-state index in [1.165, 1.54) is 25.3 Å². The number of carbonyl (C=O) groups is 1. The lowest BCUT2D eigenvalue weighted by molar-refractivity contribution is -0.0512. The van der Waals surface area contributed by atoms with Crippen molar-refractivity contribution in [1.82, 2.24) is 0 Å². The zero-order valence-electron chi connectivity index (χ0n) is 12.4. The van der Waals surface area contributed by atoms with Crippen molar-refractivity contribution < 1.29 is 23.0 Å². The maximum atomic E-state index is 12.3. The maximum Gasteiger partial charge on any atom is 0.387 e. The Morgan fingerprint density at radius 3 is 2.52 bits per heavy atom. The molecule has 0 fully saturated rings. The molecule has 0 aromatic heterocycles. The number of anilines is 1. The lowest BCUT2D eigenvalue weighted by Crippen LogP contribution is -2.13. The minimum atomic E-state index is -2.97. The van der Waals surface area contributed by atoms with Crippen LogP contribution in [0.15, 0.2) is 40.9 Å². The monoisotopic (exact) mass is 385 g/mol. The molecule has 0 bridgehead atoms. The first-order chi connectivity index (χ1) is 10.9. The van der Waals surface area contributed by atoms with Crippen LogP contribution in [0.1, 0.15) is 15.9 Å². The first-order valence-electron chi connectivity index (χ1n) is 6.61. The van der Waals surface area contributed by atoms with Gasteiger partial charge >= 0.3 is 6.61 Å². The molecule has 0 aliphatic heterocycles. The molecule has 4 nitrogen and oxygen atoms in total. The van der Waals surface area contributed by atoms with Gasteiger partial charge in [0.1, 0.15) is 0 Å². The summed E-state index contributed by atoms with van der Waals surface area (Å²) in [6, 6.07) is 9.50. The van der Waals surface area contributed by atoms with Crippen LogP contribution in [0.5, 0.6) is 11.5 Å². The van der Waals surface area contributed by atoms with Crippen molar-refractivity contribution in [2.24, 2.45) is 0 Å². The van der Waals surface area contributed by atoms with Gasteiger partial charge in [-0.15, -0.1) is 0 Å². The fourth-order valence-electron chi connectivity index (χ4n) is 1.92. The van der Waals surface area contributed by atoms with Crippen molar-refractivity contribution in [2.75, 3.05) is 12.4 Å². The first-order valence-corrected chi connectivity index (χ1v) is 7.40. The normalized spacial score (nSPS) is 10.5. The SMILES string of the molecule is COc1cc(C(=O)Nc2ccc(C)cc2Br)ccc1OC(F)F. The smallest absolute Gasteiger partial charge is 0.387 e. The van der Waals surface area contributed by atoms with Gasteiger partial charge in [-0.3, -0.25) is 4.79 Å². The second-order valence-corrected chi connectivity index (χ2v) is 5.54. The van der Waals surface area contributed by atoms with E-state index in [9.17, 15) is 13.6 Å².